The lowest BCUT2D eigenvalue weighted by Crippen LogP contribution is -1.84. The summed E-state index contributed by atoms with van der Waals surface area (Å²) in [4.78, 5) is 3.19. The molecule has 0 aliphatic heterocycles. The zero-order valence-corrected chi connectivity index (χ0v) is 7.64. The van der Waals surface area contributed by atoms with Crippen molar-refractivity contribution >= 4 is 23.5 Å². The zero-order chi connectivity index (χ0) is 8.39. The van der Waals surface area contributed by atoms with Crippen LogP contribution >= 0.6 is 12.6 Å². The Kier molecular flexibility index (Phi) is 2.09. The van der Waals surface area contributed by atoms with Crippen molar-refractivity contribution in [2.75, 3.05) is 5.75 Å². The summed E-state index contributed by atoms with van der Waals surface area (Å²) in [6.07, 6.45) is 3.01. The molecular weight excluding hydrogens is 166 g/mol. The Labute approximate surface area is 77.2 Å². The largest absolute Gasteiger partial charge is 0.361 e. The average Bonchev–Trinajstić information content (AvgIpc) is 2.51. The van der Waals surface area contributed by atoms with Crippen molar-refractivity contribution in [1.82, 2.24) is 4.98 Å². The third kappa shape index (κ3) is 1.34. The fourth-order valence-corrected chi connectivity index (χ4v) is 1.64. The standard InChI is InChI=1S/C10H11NS/c12-6-4-8-1-2-9-3-5-11-10(9)7-8/h1-3,5,7,11-12H,4,6H2. The first-order chi connectivity index (χ1) is 5.90. The highest BCUT2D eigenvalue weighted by Crippen LogP contribution is 2.14. The molecule has 0 atom stereocenters. The second-order valence-corrected chi connectivity index (χ2v) is 3.32. The minimum absolute atomic E-state index is 0.909. The molecule has 62 valence electrons. The van der Waals surface area contributed by atoms with Crippen molar-refractivity contribution in [2.45, 2.75) is 6.42 Å². The van der Waals surface area contributed by atoms with Gasteiger partial charge in [0.2, 0.25) is 0 Å². The second-order valence-electron chi connectivity index (χ2n) is 2.87. The van der Waals surface area contributed by atoms with E-state index in [-0.39, 0.29) is 0 Å². The molecule has 2 rings (SSSR count). The maximum atomic E-state index is 4.20. The highest BCUT2D eigenvalue weighted by atomic mass is 32.1. The van der Waals surface area contributed by atoms with E-state index in [2.05, 4.69) is 41.9 Å². The Morgan fingerprint density at radius 2 is 2.17 bits per heavy atom. The van der Waals surface area contributed by atoms with E-state index in [1.165, 1.54) is 16.5 Å². The van der Waals surface area contributed by atoms with E-state index < -0.39 is 0 Å². The van der Waals surface area contributed by atoms with Crippen LogP contribution in [0.5, 0.6) is 0 Å². The second kappa shape index (κ2) is 3.23. The van der Waals surface area contributed by atoms with Gasteiger partial charge in [0.05, 0.1) is 0 Å². The number of thiol groups is 1. The molecule has 0 spiro atoms. The normalized spacial score (nSPS) is 10.8. The van der Waals surface area contributed by atoms with Crippen molar-refractivity contribution in [3.8, 4) is 0 Å². The molecule has 0 saturated heterocycles. The van der Waals surface area contributed by atoms with Crippen LogP contribution in [-0.4, -0.2) is 10.7 Å². The topological polar surface area (TPSA) is 15.8 Å². The number of aromatic amines is 1. The number of hydrogen-bond acceptors (Lipinski definition) is 1. The predicted octanol–water partition coefficient (Wildman–Crippen LogP) is 2.64. The molecule has 0 amide bonds. The van der Waals surface area contributed by atoms with Crippen LogP contribution in [0, 0.1) is 0 Å². The molecule has 1 aromatic carbocycles. The van der Waals surface area contributed by atoms with E-state index in [4.69, 9.17) is 0 Å². The minimum Gasteiger partial charge on any atom is -0.361 e. The first kappa shape index (κ1) is 7.74. The molecule has 1 aromatic heterocycles. The van der Waals surface area contributed by atoms with Crippen molar-refractivity contribution in [3.63, 3.8) is 0 Å². The van der Waals surface area contributed by atoms with Gasteiger partial charge in [-0.3, -0.25) is 0 Å². The van der Waals surface area contributed by atoms with Crippen LogP contribution < -0.4 is 0 Å². The van der Waals surface area contributed by atoms with Crippen LogP contribution in [0.25, 0.3) is 10.9 Å². The van der Waals surface area contributed by atoms with Gasteiger partial charge in [0.15, 0.2) is 0 Å². The minimum atomic E-state index is 0.909. The van der Waals surface area contributed by atoms with E-state index in [1.807, 2.05) is 6.20 Å². The van der Waals surface area contributed by atoms with Gasteiger partial charge in [-0.2, -0.15) is 12.6 Å². The Hall–Kier alpha value is -0.890. The molecule has 0 aliphatic carbocycles. The van der Waals surface area contributed by atoms with Crippen LogP contribution in [0.4, 0.5) is 0 Å². The van der Waals surface area contributed by atoms with Gasteiger partial charge < -0.3 is 4.98 Å². The van der Waals surface area contributed by atoms with Crippen molar-refractivity contribution in [3.05, 3.63) is 36.0 Å². The van der Waals surface area contributed by atoms with Gasteiger partial charge in [-0.25, -0.2) is 0 Å². The zero-order valence-electron chi connectivity index (χ0n) is 6.75. The fourth-order valence-electron chi connectivity index (χ4n) is 1.38. The predicted molar refractivity (Wildman–Crippen MR) is 55.9 cm³/mol. The summed E-state index contributed by atoms with van der Waals surface area (Å²) < 4.78 is 0. The van der Waals surface area contributed by atoms with Crippen LogP contribution in [0.1, 0.15) is 5.56 Å². The number of fused-ring (bicyclic) bond motifs is 1. The monoisotopic (exact) mass is 177 g/mol. The van der Waals surface area contributed by atoms with E-state index in [0.717, 1.165) is 12.2 Å². The Morgan fingerprint density at radius 3 is 3.00 bits per heavy atom. The lowest BCUT2D eigenvalue weighted by atomic mass is 10.1. The van der Waals surface area contributed by atoms with Gasteiger partial charge in [0.25, 0.3) is 0 Å². The molecule has 2 aromatic rings. The summed E-state index contributed by atoms with van der Waals surface area (Å²) in [7, 11) is 0. The molecule has 0 radical (unpaired) electrons. The number of nitrogens with one attached hydrogen (secondary N) is 1. The van der Waals surface area contributed by atoms with Crippen LogP contribution in [0.3, 0.4) is 0 Å². The highest BCUT2D eigenvalue weighted by Gasteiger charge is 1.95. The summed E-state index contributed by atoms with van der Waals surface area (Å²) in [6.45, 7) is 0. The van der Waals surface area contributed by atoms with Gasteiger partial charge in [-0.15, -0.1) is 0 Å². The summed E-state index contributed by atoms with van der Waals surface area (Å²) in [5, 5.41) is 1.28. The van der Waals surface area contributed by atoms with Crippen LogP contribution in [-0.2, 0) is 6.42 Å². The molecule has 1 heterocycles. The number of rotatable bonds is 2. The summed E-state index contributed by atoms with van der Waals surface area (Å²) in [5.41, 5.74) is 2.56. The summed E-state index contributed by atoms with van der Waals surface area (Å²) in [5.74, 6) is 0.909. The van der Waals surface area contributed by atoms with Crippen molar-refractivity contribution in [2.24, 2.45) is 0 Å². The number of aryl methyl sites for hydroxylation is 1. The smallest absolute Gasteiger partial charge is 0.0456 e. The van der Waals surface area contributed by atoms with E-state index >= 15 is 0 Å². The molecule has 0 bridgehead atoms. The molecule has 12 heavy (non-hydrogen) atoms. The van der Waals surface area contributed by atoms with Crippen molar-refractivity contribution < 1.29 is 0 Å². The molecule has 0 saturated carbocycles. The SMILES string of the molecule is SCCc1ccc2cc[nH]c2c1. The first-order valence-electron chi connectivity index (χ1n) is 4.07. The third-order valence-electron chi connectivity index (χ3n) is 2.02. The summed E-state index contributed by atoms with van der Waals surface area (Å²) in [6, 6.07) is 8.57. The molecule has 1 nitrogen and oxygen atoms in total. The van der Waals surface area contributed by atoms with Gasteiger partial charge in [0, 0.05) is 11.7 Å². The molecule has 0 aliphatic rings. The Bertz CT molecular complexity index is 378. The Morgan fingerprint density at radius 1 is 1.25 bits per heavy atom. The molecule has 2 heteroatoms. The number of aromatic nitrogens is 1. The van der Waals surface area contributed by atoms with Gasteiger partial charge in [0.1, 0.15) is 0 Å². The molecule has 0 unspecified atom stereocenters. The Balaban J connectivity index is 2.46. The van der Waals surface area contributed by atoms with E-state index in [1.54, 1.807) is 0 Å². The number of H-pyrrole nitrogens is 1. The van der Waals surface area contributed by atoms with Gasteiger partial charge in [-0.1, -0.05) is 12.1 Å². The lowest BCUT2D eigenvalue weighted by Gasteiger charge is -1.97. The summed E-state index contributed by atoms with van der Waals surface area (Å²) >= 11 is 4.20. The number of benzene rings is 1. The fraction of sp³-hybridized carbons (Fsp3) is 0.200. The average molecular weight is 177 g/mol. The third-order valence-corrected chi connectivity index (χ3v) is 2.24. The molecular formula is C10H11NS. The van der Waals surface area contributed by atoms with Gasteiger partial charge in [-0.05, 0) is 35.3 Å². The van der Waals surface area contributed by atoms with Gasteiger partial charge >= 0.3 is 0 Å². The maximum Gasteiger partial charge on any atom is 0.0456 e. The van der Waals surface area contributed by atoms with Crippen LogP contribution in [0.2, 0.25) is 0 Å². The molecule has 1 N–H and O–H groups in total. The lowest BCUT2D eigenvalue weighted by molar-refractivity contribution is 1.17. The van der Waals surface area contributed by atoms with E-state index in [9.17, 15) is 0 Å². The van der Waals surface area contributed by atoms with E-state index in [0.29, 0.717) is 0 Å². The first-order valence-corrected chi connectivity index (χ1v) is 4.70. The molecule has 0 fully saturated rings. The number of hydrogen-bond donors (Lipinski definition) is 2. The van der Waals surface area contributed by atoms with Crippen molar-refractivity contribution in [1.29, 1.82) is 0 Å². The highest BCUT2D eigenvalue weighted by molar-refractivity contribution is 7.80. The maximum absolute atomic E-state index is 4.20. The quantitative estimate of drug-likeness (QED) is 0.656. The van der Waals surface area contributed by atoms with Crippen LogP contribution in [0.15, 0.2) is 30.5 Å².